The summed E-state index contributed by atoms with van der Waals surface area (Å²) in [6.45, 7) is 2.69. The standard InChI is InChI=1S/C14H17ClN2O/c1-2-8-17-14(18)7-6-12(10-16)11-4-3-5-13(15)9-11/h3-5,9,12H,2,6-8H2,1H3,(H,17,18). The van der Waals surface area contributed by atoms with Crippen molar-refractivity contribution in [1.29, 1.82) is 5.26 Å². The van der Waals surface area contributed by atoms with Crippen molar-refractivity contribution in [2.24, 2.45) is 0 Å². The molecule has 0 fully saturated rings. The van der Waals surface area contributed by atoms with Crippen LogP contribution in [0.2, 0.25) is 5.02 Å². The summed E-state index contributed by atoms with van der Waals surface area (Å²) in [7, 11) is 0. The number of carbonyl (C=O) groups is 1. The SMILES string of the molecule is CCCNC(=O)CCC(C#N)c1cccc(Cl)c1. The van der Waals surface area contributed by atoms with Crippen LogP contribution in [-0.4, -0.2) is 12.5 Å². The zero-order chi connectivity index (χ0) is 13.4. The Kier molecular flexibility index (Phi) is 6.24. The number of nitrogens with one attached hydrogen (secondary N) is 1. The van der Waals surface area contributed by atoms with Gasteiger partial charge in [0, 0.05) is 18.0 Å². The van der Waals surface area contributed by atoms with Crippen LogP contribution in [0.15, 0.2) is 24.3 Å². The van der Waals surface area contributed by atoms with Gasteiger partial charge in [-0.3, -0.25) is 4.79 Å². The van der Waals surface area contributed by atoms with Gasteiger partial charge in [-0.05, 0) is 30.5 Å². The van der Waals surface area contributed by atoms with Crippen LogP contribution in [0.4, 0.5) is 0 Å². The van der Waals surface area contributed by atoms with Crippen molar-refractivity contribution in [1.82, 2.24) is 5.32 Å². The van der Waals surface area contributed by atoms with Crippen LogP contribution in [0.3, 0.4) is 0 Å². The fraction of sp³-hybridized carbons (Fsp3) is 0.429. The molecule has 18 heavy (non-hydrogen) atoms. The molecule has 0 aromatic heterocycles. The van der Waals surface area contributed by atoms with E-state index in [0.29, 0.717) is 24.4 Å². The molecule has 0 radical (unpaired) electrons. The quantitative estimate of drug-likeness (QED) is 0.857. The fourth-order valence-corrected chi connectivity index (χ4v) is 1.86. The summed E-state index contributed by atoms with van der Waals surface area (Å²) in [6.07, 6.45) is 1.80. The number of nitrogens with zero attached hydrogens (tertiary/aromatic N) is 1. The average Bonchev–Trinajstić information content (AvgIpc) is 2.37. The minimum Gasteiger partial charge on any atom is -0.356 e. The lowest BCUT2D eigenvalue weighted by Gasteiger charge is -2.09. The molecule has 1 amide bonds. The van der Waals surface area contributed by atoms with Gasteiger partial charge >= 0.3 is 0 Å². The molecule has 0 aliphatic carbocycles. The Labute approximate surface area is 113 Å². The number of carbonyl (C=O) groups excluding carboxylic acids is 1. The molecule has 1 N–H and O–H groups in total. The van der Waals surface area contributed by atoms with Crippen LogP contribution < -0.4 is 5.32 Å². The Morgan fingerprint density at radius 1 is 1.56 bits per heavy atom. The number of benzene rings is 1. The van der Waals surface area contributed by atoms with Gasteiger partial charge in [-0.1, -0.05) is 30.7 Å². The molecule has 1 atom stereocenters. The van der Waals surface area contributed by atoms with Gasteiger partial charge in [0.05, 0.1) is 12.0 Å². The first-order valence-corrected chi connectivity index (χ1v) is 6.47. The van der Waals surface area contributed by atoms with E-state index in [9.17, 15) is 4.79 Å². The molecule has 4 heteroatoms. The van der Waals surface area contributed by atoms with Gasteiger partial charge in [0.1, 0.15) is 0 Å². The van der Waals surface area contributed by atoms with E-state index in [4.69, 9.17) is 16.9 Å². The van der Waals surface area contributed by atoms with E-state index in [1.807, 2.05) is 19.1 Å². The summed E-state index contributed by atoms with van der Waals surface area (Å²) in [5.41, 5.74) is 0.869. The second-order valence-electron chi connectivity index (χ2n) is 4.13. The van der Waals surface area contributed by atoms with Crippen molar-refractivity contribution in [3.8, 4) is 6.07 Å². The van der Waals surface area contributed by atoms with E-state index in [-0.39, 0.29) is 11.8 Å². The van der Waals surface area contributed by atoms with Crippen LogP contribution in [0.5, 0.6) is 0 Å². The van der Waals surface area contributed by atoms with Gasteiger partial charge in [-0.2, -0.15) is 5.26 Å². The van der Waals surface area contributed by atoms with Gasteiger partial charge in [0.15, 0.2) is 0 Å². The largest absolute Gasteiger partial charge is 0.356 e. The molecular weight excluding hydrogens is 248 g/mol. The van der Waals surface area contributed by atoms with Crippen molar-refractivity contribution >= 4 is 17.5 Å². The molecule has 96 valence electrons. The number of hydrogen-bond acceptors (Lipinski definition) is 2. The van der Waals surface area contributed by atoms with Gasteiger partial charge in [-0.25, -0.2) is 0 Å². The Bertz CT molecular complexity index is 440. The zero-order valence-electron chi connectivity index (χ0n) is 10.4. The Morgan fingerprint density at radius 3 is 2.94 bits per heavy atom. The van der Waals surface area contributed by atoms with E-state index in [1.54, 1.807) is 12.1 Å². The maximum Gasteiger partial charge on any atom is 0.220 e. The van der Waals surface area contributed by atoms with Crippen molar-refractivity contribution in [3.63, 3.8) is 0 Å². The Morgan fingerprint density at radius 2 is 2.33 bits per heavy atom. The first-order valence-electron chi connectivity index (χ1n) is 6.09. The molecule has 0 spiro atoms. The Hall–Kier alpha value is -1.53. The molecule has 0 saturated heterocycles. The summed E-state index contributed by atoms with van der Waals surface area (Å²) < 4.78 is 0. The fourth-order valence-electron chi connectivity index (χ4n) is 1.66. The molecule has 1 aromatic carbocycles. The third-order valence-corrected chi connectivity index (χ3v) is 2.87. The first kappa shape index (κ1) is 14.5. The normalized spacial score (nSPS) is 11.6. The molecule has 0 saturated carbocycles. The predicted molar refractivity (Wildman–Crippen MR) is 72.3 cm³/mol. The van der Waals surface area contributed by atoms with E-state index in [1.165, 1.54) is 0 Å². The number of amides is 1. The average molecular weight is 265 g/mol. The highest BCUT2D eigenvalue weighted by atomic mass is 35.5. The zero-order valence-corrected chi connectivity index (χ0v) is 11.2. The molecule has 1 aromatic rings. The lowest BCUT2D eigenvalue weighted by molar-refractivity contribution is -0.121. The lowest BCUT2D eigenvalue weighted by atomic mass is 9.95. The van der Waals surface area contributed by atoms with E-state index in [0.717, 1.165) is 12.0 Å². The van der Waals surface area contributed by atoms with Gasteiger partial charge in [-0.15, -0.1) is 0 Å². The summed E-state index contributed by atoms with van der Waals surface area (Å²) in [6, 6.07) is 9.45. The van der Waals surface area contributed by atoms with Crippen LogP contribution >= 0.6 is 11.6 Å². The minimum absolute atomic E-state index is 0.000807. The number of halogens is 1. The van der Waals surface area contributed by atoms with Crippen molar-refractivity contribution < 1.29 is 4.79 Å². The highest BCUT2D eigenvalue weighted by Gasteiger charge is 2.12. The third kappa shape index (κ3) is 4.77. The number of rotatable bonds is 6. The van der Waals surface area contributed by atoms with Crippen LogP contribution in [-0.2, 0) is 4.79 Å². The van der Waals surface area contributed by atoms with Gasteiger partial charge in [0.2, 0.25) is 5.91 Å². The molecule has 0 aliphatic rings. The van der Waals surface area contributed by atoms with Gasteiger partial charge < -0.3 is 5.32 Å². The number of hydrogen-bond donors (Lipinski definition) is 1. The monoisotopic (exact) mass is 264 g/mol. The van der Waals surface area contributed by atoms with E-state index in [2.05, 4.69) is 11.4 Å². The van der Waals surface area contributed by atoms with Crippen molar-refractivity contribution in [3.05, 3.63) is 34.9 Å². The molecular formula is C14H17ClN2O. The Balaban J connectivity index is 2.53. The summed E-state index contributed by atoms with van der Waals surface area (Å²) in [5.74, 6) is -0.282. The molecule has 1 rings (SSSR count). The topological polar surface area (TPSA) is 52.9 Å². The molecule has 1 unspecified atom stereocenters. The molecule has 3 nitrogen and oxygen atoms in total. The van der Waals surface area contributed by atoms with Crippen molar-refractivity contribution in [2.75, 3.05) is 6.54 Å². The maximum atomic E-state index is 11.5. The smallest absolute Gasteiger partial charge is 0.220 e. The molecule has 0 aliphatic heterocycles. The summed E-state index contributed by atoms with van der Waals surface area (Å²) >= 11 is 5.89. The minimum atomic E-state index is -0.281. The second-order valence-corrected chi connectivity index (χ2v) is 4.56. The summed E-state index contributed by atoms with van der Waals surface area (Å²) in [5, 5.41) is 12.5. The van der Waals surface area contributed by atoms with Crippen LogP contribution in [0.1, 0.15) is 37.7 Å². The van der Waals surface area contributed by atoms with Crippen LogP contribution in [0, 0.1) is 11.3 Å². The highest BCUT2D eigenvalue weighted by molar-refractivity contribution is 6.30. The molecule has 0 bridgehead atoms. The summed E-state index contributed by atoms with van der Waals surface area (Å²) in [4.78, 5) is 11.5. The molecule has 0 heterocycles. The number of nitriles is 1. The first-order chi connectivity index (χ1) is 8.67. The third-order valence-electron chi connectivity index (χ3n) is 2.64. The van der Waals surface area contributed by atoms with Crippen molar-refractivity contribution in [2.45, 2.75) is 32.1 Å². The second kappa shape index (κ2) is 7.73. The van der Waals surface area contributed by atoms with Crippen LogP contribution in [0.25, 0.3) is 0 Å². The maximum absolute atomic E-state index is 11.5. The predicted octanol–water partition coefficient (Wildman–Crippen LogP) is 3.25. The lowest BCUT2D eigenvalue weighted by Crippen LogP contribution is -2.24. The highest BCUT2D eigenvalue weighted by Crippen LogP contribution is 2.23. The van der Waals surface area contributed by atoms with E-state index < -0.39 is 0 Å². The van der Waals surface area contributed by atoms with E-state index >= 15 is 0 Å². The van der Waals surface area contributed by atoms with Gasteiger partial charge in [0.25, 0.3) is 0 Å².